The van der Waals surface area contributed by atoms with Crippen LogP contribution in [0.25, 0.3) is 4.85 Å². The average molecular weight is 507 g/mol. The van der Waals surface area contributed by atoms with Gasteiger partial charge >= 0.3 is 6.09 Å². The van der Waals surface area contributed by atoms with E-state index in [4.69, 9.17) is 11.3 Å². The first-order valence-electron chi connectivity index (χ1n) is 13.2. The summed E-state index contributed by atoms with van der Waals surface area (Å²) in [6, 6.07) is 7.75. The lowest BCUT2D eigenvalue weighted by molar-refractivity contribution is -0.138. The van der Waals surface area contributed by atoms with Crippen LogP contribution in [0.5, 0.6) is 0 Å². The Bertz CT molecular complexity index is 1100. The van der Waals surface area contributed by atoms with E-state index in [0.29, 0.717) is 5.69 Å². The van der Waals surface area contributed by atoms with E-state index >= 15 is 0 Å². The van der Waals surface area contributed by atoms with Gasteiger partial charge in [-0.25, -0.2) is 14.6 Å². The predicted molar refractivity (Wildman–Crippen MR) is 141 cm³/mol. The van der Waals surface area contributed by atoms with Crippen LogP contribution >= 0.6 is 0 Å². The van der Waals surface area contributed by atoms with Crippen LogP contribution in [-0.4, -0.2) is 69.2 Å². The van der Waals surface area contributed by atoms with E-state index in [2.05, 4.69) is 24.6 Å². The molecule has 2 aromatic rings. The topological polar surface area (TPSA) is 84.1 Å². The van der Waals surface area contributed by atoms with Crippen molar-refractivity contribution in [1.29, 1.82) is 0 Å². The number of piperazine rings is 1. The molecule has 1 aromatic heterocycles. The van der Waals surface area contributed by atoms with Crippen LogP contribution in [0.2, 0.25) is 0 Å². The number of hydrogen-bond donors (Lipinski definition) is 1. The van der Waals surface area contributed by atoms with Gasteiger partial charge in [0.15, 0.2) is 5.69 Å². The number of rotatable bonds is 6. The van der Waals surface area contributed by atoms with E-state index in [1.807, 2.05) is 62.5 Å². The number of nitrogens with one attached hydrogen (secondary N) is 1. The molecule has 1 saturated carbocycles. The van der Waals surface area contributed by atoms with Gasteiger partial charge in [0.1, 0.15) is 5.60 Å². The highest BCUT2D eigenvalue weighted by Crippen LogP contribution is 2.27. The number of aromatic nitrogens is 2. The maximum Gasteiger partial charge on any atom is 0.407 e. The molecule has 2 aliphatic rings. The van der Waals surface area contributed by atoms with Crippen LogP contribution in [0.4, 0.5) is 10.5 Å². The molecule has 0 bridgehead atoms. The maximum absolute atomic E-state index is 13.2. The van der Waals surface area contributed by atoms with Gasteiger partial charge in [-0.15, -0.1) is 0 Å². The van der Waals surface area contributed by atoms with Crippen LogP contribution in [0.15, 0.2) is 36.8 Å². The van der Waals surface area contributed by atoms with Gasteiger partial charge in [-0.05, 0) is 52.0 Å². The Kier molecular flexibility index (Phi) is 8.49. The fourth-order valence-electron chi connectivity index (χ4n) is 5.07. The molecular formula is C28H38N6O3. The van der Waals surface area contributed by atoms with Crippen molar-refractivity contribution >= 4 is 17.7 Å². The molecule has 1 aliphatic heterocycles. The van der Waals surface area contributed by atoms with Crippen LogP contribution in [0.1, 0.15) is 57.7 Å². The van der Waals surface area contributed by atoms with Crippen LogP contribution < -0.4 is 5.32 Å². The first kappa shape index (κ1) is 26.7. The molecule has 37 heavy (non-hydrogen) atoms. The van der Waals surface area contributed by atoms with E-state index in [1.165, 1.54) is 0 Å². The lowest BCUT2D eigenvalue weighted by Crippen LogP contribution is -2.51. The number of amides is 2. The molecule has 4 rings (SSSR count). The summed E-state index contributed by atoms with van der Waals surface area (Å²) in [4.78, 5) is 37.4. The van der Waals surface area contributed by atoms with E-state index in [-0.39, 0.29) is 24.0 Å². The lowest BCUT2D eigenvalue weighted by atomic mass is 9.85. The second-order valence-corrected chi connectivity index (χ2v) is 11.1. The molecule has 2 amide bonds. The Hall–Kier alpha value is -3.38. The van der Waals surface area contributed by atoms with Crippen molar-refractivity contribution in [3.63, 3.8) is 0 Å². The van der Waals surface area contributed by atoms with Crippen molar-refractivity contribution in [3.8, 4) is 0 Å². The molecule has 1 N–H and O–H groups in total. The highest BCUT2D eigenvalue weighted by Gasteiger charge is 2.32. The van der Waals surface area contributed by atoms with Gasteiger partial charge < -0.3 is 19.5 Å². The van der Waals surface area contributed by atoms with Gasteiger partial charge in [0.05, 0.1) is 18.6 Å². The summed E-state index contributed by atoms with van der Waals surface area (Å²) in [7, 11) is 0. The molecule has 198 valence electrons. The van der Waals surface area contributed by atoms with Crippen molar-refractivity contribution in [3.05, 3.63) is 59.5 Å². The first-order chi connectivity index (χ1) is 17.7. The van der Waals surface area contributed by atoms with Crippen molar-refractivity contribution in [2.75, 3.05) is 26.2 Å². The number of nitrogens with zero attached hydrogens (tertiary/aromatic N) is 5. The molecule has 0 spiro atoms. The number of hydrogen-bond acceptors (Lipinski definition) is 5. The lowest BCUT2D eigenvalue weighted by Gasteiger charge is -2.38. The molecule has 1 aliphatic carbocycles. The molecule has 0 unspecified atom stereocenters. The number of imidazole rings is 1. The number of carbonyl (C=O) groups excluding carboxylic acids is 2. The molecule has 1 saturated heterocycles. The van der Waals surface area contributed by atoms with E-state index in [0.717, 1.165) is 76.2 Å². The second-order valence-electron chi connectivity index (χ2n) is 11.1. The van der Waals surface area contributed by atoms with E-state index in [1.54, 1.807) is 0 Å². The predicted octanol–water partition coefficient (Wildman–Crippen LogP) is 4.21. The third-order valence-corrected chi connectivity index (χ3v) is 7.08. The Balaban J connectivity index is 1.20. The summed E-state index contributed by atoms with van der Waals surface area (Å²) in [6.45, 7) is 17.3. The minimum Gasteiger partial charge on any atom is -0.444 e. The zero-order chi connectivity index (χ0) is 26.4. The van der Waals surface area contributed by atoms with Crippen molar-refractivity contribution in [1.82, 2.24) is 24.7 Å². The molecule has 0 atom stereocenters. The minimum absolute atomic E-state index is 0.0407. The average Bonchev–Trinajstić information content (AvgIpc) is 3.30. The second kappa shape index (κ2) is 11.8. The Morgan fingerprint density at radius 2 is 1.73 bits per heavy atom. The largest absolute Gasteiger partial charge is 0.444 e. The third kappa shape index (κ3) is 7.56. The van der Waals surface area contributed by atoms with Crippen molar-refractivity contribution in [2.24, 2.45) is 5.92 Å². The molecule has 2 heterocycles. The number of benzene rings is 1. The van der Waals surface area contributed by atoms with E-state index in [9.17, 15) is 9.59 Å². The monoisotopic (exact) mass is 506 g/mol. The van der Waals surface area contributed by atoms with Crippen LogP contribution in [0.3, 0.4) is 0 Å². The Labute approximate surface area is 219 Å². The van der Waals surface area contributed by atoms with Crippen LogP contribution in [-0.2, 0) is 22.6 Å². The van der Waals surface area contributed by atoms with Gasteiger partial charge in [0, 0.05) is 57.4 Å². The summed E-state index contributed by atoms with van der Waals surface area (Å²) in [5.74, 6) is 0.294. The number of alkyl carbamates (subject to hydrolysis) is 1. The summed E-state index contributed by atoms with van der Waals surface area (Å²) >= 11 is 0. The van der Waals surface area contributed by atoms with Crippen LogP contribution in [0, 0.1) is 12.5 Å². The third-order valence-electron chi connectivity index (χ3n) is 7.08. The molecule has 0 radical (unpaired) electrons. The van der Waals surface area contributed by atoms with Gasteiger partial charge in [0.2, 0.25) is 5.91 Å². The molecular weight excluding hydrogens is 468 g/mol. The minimum atomic E-state index is -0.509. The quantitative estimate of drug-likeness (QED) is 0.594. The molecule has 9 nitrogen and oxygen atoms in total. The summed E-state index contributed by atoms with van der Waals surface area (Å²) in [6.07, 6.45) is 6.60. The fourth-order valence-corrected chi connectivity index (χ4v) is 5.07. The standard InChI is InChI=1S/C28H38N6O3/c1-28(2,3)37-27(36)31-24-11-7-22(8-12-24)26(35)33-15-13-32(14-16-33)19-25-17-30-20-34(25)18-21-5-9-23(29-4)10-6-21/h5-6,9-10,17,20,22,24H,7-8,11-16,18-19H2,1-3H3,(H,31,36). The normalized spacial score (nSPS) is 20.8. The highest BCUT2D eigenvalue weighted by molar-refractivity contribution is 5.79. The van der Waals surface area contributed by atoms with Gasteiger partial charge in [-0.3, -0.25) is 9.69 Å². The number of carbonyl (C=O) groups is 2. The molecule has 1 aromatic carbocycles. The zero-order valence-corrected chi connectivity index (χ0v) is 22.2. The summed E-state index contributed by atoms with van der Waals surface area (Å²) < 4.78 is 7.50. The summed E-state index contributed by atoms with van der Waals surface area (Å²) in [5, 5.41) is 2.95. The summed E-state index contributed by atoms with van der Waals surface area (Å²) in [5.41, 5.74) is 2.42. The highest BCUT2D eigenvalue weighted by atomic mass is 16.6. The Morgan fingerprint density at radius 3 is 2.35 bits per heavy atom. The van der Waals surface area contributed by atoms with Crippen molar-refractivity contribution < 1.29 is 14.3 Å². The van der Waals surface area contributed by atoms with Gasteiger partial charge in [-0.2, -0.15) is 0 Å². The SMILES string of the molecule is [C-]#[N+]c1ccc(Cn2cncc2CN2CCN(C(=O)C3CCC(NC(=O)OC(C)(C)C)CC3)CC2)cc1. The smallest absolute Gasteiger partial charge is 0.407 e. The molecule has 9 heteroatoms. The van der Waals surface area contributed by atoms with E-state index < -0.39 is 5.60 Å². The first-order valence-corrected chi connectivity index (χ1v) is 13.2. The van der Waals surface area contributed by atoms with Crippen molar-refractivity contribution in [2.45, 2.75) is 71.2 Å². The molecule has 2 fully saturated rings. The van der Waals surface area contributed by atoms with Gasteiger partial charge in [0.25, 0.3) is 0 Å². The number of ether oxygens (including phenoxy) is 1. The van der Waals surface area contributed by atoms with Gasteiger partial charge in [-0.1, -0.05) is 24.3 Å². The zero-order valence-electron chi connectivity index (χ0n) is 22.2. The maximum atomic E-state index is 13.2. The fraction of sp³-hybridized carbons (Fsp3) is 0.571. The Morgan fingerprint density at radius 1 is 1.05 bits per heavy atom.